The van der Waals surface area contributed by atoms with Gasteiger partial charge in [-0.15, -0.1) is 0 Å². The lowest BCUT2D eigenvalue weighted by Crippen LogP contribution is -2.13. The number of nitrogens with zero attached hydrogens (tertiary/aromatic N) is 2. The third-order valence-corrected chi connectivity index (χ3v) is 9.73. The van der Waals surface area contributed by atoms with Gasteiger partial charge in [-0.05, 0) is 56.0 Å². The van der Waals surface area contributed by atoms with Gasteiger partial charge in [-0.3, -0.25) is 14.8 Å². The maximum atomic E-state index is 13.7. The van der Waals surface area contributed by atoms with E-state index in [2.05, 4.69) is 36.5 Å². The van der Waals surface area contributed by atoms with Crippen LogP contribution >= 0.6 is 0 Å². The molecule has 3 aromatic heterocycles. The van der Waals surface area contributed by atoms with Crippen molar-refractivity contribution in [1.29, 1.82) is 0 Å². The zero-order chi connectivity index (χ0) is 33.4. The summed E-state index contributed by atoms with van der Waals surface area (Å²) in [5.41, 5.74) is 8.52. The standard InChI is InChI=1S/C36H42N4O6/c1-10-21-17(3)24-14-26-19(5)23(12-13-30(41)44-7)33(39-26)32(36(43)46-9)34-31(35(42)45-8)20(6)27(40-34)16-29-22(11-2)18(4)25(38-29)15-28(21)37-24/h10,14-16,18-19,22-23,37,40H,1,11-13H2,2-9H3/t18?,19-,22?,23-/m1/s1. The Balaban J connectivity index is 2.03. The predicted octanol–water partition coefficient (Wildman–Crippen LogP) is 7.29. The number of methoxy groups -OCH3 is 3. The molecule has 46 heavy (non-hydrogen) atoms. The average molecular weight is 627 g/mol. The third kappa shape index (κ3) is 5.50. The summed E-state index contributed by atoms with van der Waals surface area (Å²) in [5.74, 6) is -1.91. The number of hydrogen-bond acceptors (Lipinski definition) is 8. The van der Waals surface area contributed by atoms with Crippen LogP contribution in [0.5, 0.6) is 0 Å². The smallest absolute Gasteiger partial charge is 0.341 e. The highest BCUT2D eigenvalue weighted by Gasteiger charge is 2.36. The molecule has 0 spiro atoms. The summed E-state index contributed by atoms with van der Waals surface area (Å²) in [6.45, 7) is 14.3. The zero-order valence-electron chi connectivity index (χ0n) is 27.8. The lowest BCUT2D eigenvalue weighted by atomic mass is 9.85. The highest BCUT2D eigenvalue weighted by Crippen LogP contribution is 2.43. The van der Waals surface area contributed by atoms with Gasteiger partial charge in [0, 0.05) is 69.3 Å². The average Bonchev–Trinajstić information content (AvgIpc) is 3.72. The van der Waals surface area contributed by atoms with Crippen LogP contribution in [0.25, 0.3) is 28.1 Å². The van der Waals surface area contributed by atoms with Crippen LogP contribution in [0.1, 0.15) is 124 Å². The number of H-pyrrole nitrogens is 2. The number of aromatic nitrogens is 4. The monoisotopic (exact) mass is 626 g/mol. The summed E-state index contributed by atoms with van der Waals surface area (Å²) in [7, 11) is 3.95. The molecule has 2 aliphatic rings. The Morgan fingerprint density at radius 3 is 2.02 bits per heavy atom. The largest absolute Gasteiger partial charge is 0.469 e. The molecule has 0 saturated carbocycles. The van der Waals surface area contributed by atoms with Crippen molar-refractivity contribution in [3.8, 4) is 0 Å². The van der Waals surface area contributed by atoms with E-state index in [-0.39, 0.29) is 52.7 Å². The van der Waals surface area contributed by atoms with Crippen molar-refractivity contribution in [2.75, 3.05) is 21.3 Å². The molecule has 0 radical (unpaired) electrons. The van der Waals surface area contributed by atoms with Gasteiger partial charge in [0.25, 0.3) is 0 Å². The van der Waals surface area contributed by atoms with Gasteiger partial charge >= 0.3 is 17.9 Å². The first-order valence-corrected chi connectivity index (χ1v) is 15.6. The maximum absolute atomic E-state index is 13.7. The van der Waals surface area contributed by atoms with E-state index >= 15 is 0 Å². The second kappa shape index (κ2) is 12.9. The SMILES string of the molecule is C=Cc1c(C)c2cc3nc(c(C(=O)OC)c4[nH]c(cc5nc(cc1[nH]2)C(C)C5CC)c(C)c4C(=O)OC)[C@H](CCC(=O)OC)[C@H]3C. The summed E-state index contributed by atoms with van der Waals surface area (Å²) < 4.78 is 15.5. The van der Waals surface area contributed by atoms with Crippen molar-refractivity contribution in [3.63, 3.8) is 0 Å². The number of rotatable bonds is 7. The first-order valence-electron chi connectivity index (χ1n) is 15.6. The van der Waals surface area contributed by atoms with E-state index in [1.165, 1.54) is 21.3 Å². The fraction of sp³-hybridized carbons (Fsp3) is 0.417. The Kier molecular flexibility index (Phi) is 9.19. The molecule has 0 amide bonds. The molecule has 0 aliphatic carbocycles. The minimum Gasteiger partial charge on any atom is -0.469 e. The van der Waals surface area contributed by atoms with Gasteiger partial charge in [0.05, 0.1) is 38.1 Å². The summed E-state index contributed by atoms with van der Waals surface area (Å²) >= 11 is 0. The fourth-order valence-electron chi connectivity index (χ4n) is 6.95. The van der Waals surface area contributed by atoms with E-state index in [0.29, 0.717) is 28.9 Å². The minimum absolute atomic E-state index is 0.118. The van der Waals surface area contributed by atoms with Gasteiger partial charge in [-0.25, -0.2) is 9.59 Å². The lowest BCUT2D eigenvalue weighted by Gasteiger charge is -2.17. The molecule has 4 atom stereocenters. The molecule has 0 saturated heterocycles. The van der Waals surface area contributed by atoms with E-state index in [1.54, 1.807) is 0 Å². The van der Waals surface area contributed by atoms with Crippen molar-refractivity contribution >= 4 is 46.1 Å². The van der Waals surface area contributed by atoms with Crippen LogP contribution in [0.3, 0.4) is 0 Å². The first-order chi connectivity index (χ1) is 22.0. The number of ether oxygens (including phenoxy) is 3. The minimum atomic E-state index is -0.662. The van der Waals surface area contributed by atoms with E-state index in [4.69, 9.17) is 24.2 Å². The predicted molar refractivity (Wildman–Crippen MR) is 177 cm³/mol. The molecule has 2 unspecified atom stereocenters. The third-order valence-electron chi connectivity index (χ3n) is 9.73. The first kappa shape index (κ1) is 32.7. The Labute approximate surface area is 268 Å². The van der Waals surface area contributed by atoms with Crippen LogP contribution in [0, 0.1) is 13.8 Å². The number of aromatic amines is 2. The van der Waals surface area contributed by atoms with Crippen molar-refractivity contribution in [2.24, 2.45) is 0 Å². The van der Waals surface area contributed by atoms with Gasteiger partial charge in [0.15, 0.2) is 0 Å². The van der Waals surface area contributed by atoms with Crippen LogP contribution in [-0.2, 0) is 19.0 Å². The Hall–Kier alpha value is -4.73. The van der Waals surface area contributed by atoms with E-state index < -0.39 is 11.9 Å². The number of esters is 3. The highest BCUT2D eigenvalue weighted by atomic mass is 16.5. The van der Waals surface area contributed by atoms with Crippen LogP contribution in [0.2, 0.25) is 0 Å². The molecule has 10 nitrogen and oxygen atoms in total. The number of hydrogen-bond donors (Lipinski definition) is 2. The Morgan fingerprint density at radius 2 is 1.39 bits per heavy atom. The van der Waals surface area contributed by atoms with Crippen LogP contribution < -0.4 is 0 Å². The van der Waals surface area contributed by atoms with Gasteiger partial charge in [0.1, 0.15) is 5.56 Å². The molecule has 10 heteroatoms. The molecule has 0 aromatic carbocycles. The van der Waals surface area contributed by atoms with Gasteiger partial charge in [0.2, 0.25) is 0 Å². The molecule has 5 heterocycles. The Morgan fingerprint density at radius 1 is 0.804 bits per heavy atom. The van der Waals surface area contributed by atoms with Crippen molar-refractivity contribution in [2.45, 2.75) is 77.6 Å². The number of fused-ring (bicyclic) bond motifs is 8. The molecule has 242 valence electrons. The highest BCUT2D eigenvalue weighted by molar-refractivity contribution is 6.09. The van der Waals surface area contributed by atoms with Crippen molar-refractivity contribution < 1.29 is 28.6 Å². The molecule has 8 bridgehead atoms. The second-order valence-corrected chi connectivity index (χ2v) is 12.1. The number of aryl methyl sites for hydroxylation is 2. The fourth-order valence-corrected chi connectivity index (χ4v) is 6.95. The topological polar surface area (TPSA) is 136 Å². The van der Waals surface area contributed by atoms with E-state index in [1.807, 2.05) is 39.0 Å². The van der Waals surface area contributed by atoms with Crippen molar-refractivity contribution in [3.05, 3.63) is 75.4 Å². The molecule has 5 rings (SSSR count). The summed E-state index contributed by atoms with van der Waals surface area (Å²) in [6.07, 6.45) is 3.18. The normalized spacial score (nSPS) is 19.0. The summed E-state index contributed by atoms with van der Waals surface area (Å²) in [5, 5.41) is 0. The molecule has 2 aliphatic heterocycles. The number of nitrogens with one attached hydrogen (secondary N) is 2. The van der Waals surface area contributed by atoms with E-state index in [9.17, 15) is 14.4 Å². The molecule has 0 fully saturated rings. The summed E-state index contributed by atoms with van der Waals surface area (Å²) in [4.78, 5) is 56.5. The zero-order valence-corrected chi connectivity index (χ0v) is 27.8. The van der Waals surface area contributed by atoms with Gasteiger partial charge in [-0.2, -0.15) is 0 Å². The molecule has 3 aromatic rings. The maximum Gasteiger partial charge on any atom is 0.341 e. The molecular formula is C36H42N4O6. The van der Waals surface area contributed by atoms with Gasteiger partial charge < -0.3 is 24.2 Å². The summed E-state index contributed by atoms with van der Waals surface area (Å²) in [6, 6.07) is 6.03. The number of carbonyl (C=O) groups is 3. The van der Waals surface area contributed by atoms with Crippen LogP contribution in [0.4, 0.5) is 0 Å². The second-order valence-electron chi connectivity index (χ2n) is 12.1. The van der Waals surface area contributed by atoms with E-state index in [0.717, 1.165) is 40.0 Å². The number of carbonyl (C=O) groups excluding carboxylic acids is 3. The molecule has 2 N–H and O–H groups in total. The van der Waals surface area contributed by atoms with Crippen molar-refractivity contribution in [1.82, 2.24) is 19.9 Å². The molecular weight excluding hydrogens is 584 g/mol. The Bertz CT molecular complexity index is 1900. The van der Waals surface area contributed by atoms with Crippen LogP contribution in [-0.4, -0.2) is 59.2 Å². The van der Waals surface area contributed by atoms with Gasteiger partial charge in [-0.1, -0.05) is 33.4 Å². The van der Waals surface area contributed by atoms with Crippen LogP contribution in [0.15, 0.2) is 24.8 Å². The lowest BCUT2D eigenvalue weighted by molar-refractivity contribution is -0.140. The quantitative estimate of drug-likeness (QED) is 0.206.